The van der Waals surface area contributed by atoms with Gasteiger partial charge < -0.3 is 20.4 Å². The summed E-state index contributed by atoms with van der Waals surface area (Å²) < 4.78 is 0. The molecule has 2 amide bonds. The summed E-state index contributed by atoms with van der Waals surface area (Å²) in [4.78, 5) is 24.4. The maximum atomic E-state index is 12.1. The topological polar surface area (TPSA) is 89.9 Å². The molecule has 1 fully saturated rings. The number of rotatable bonds is 4. The molecule has 0 radical (unpaired) electrons. The van der Waals surface area contributed by atoms with Gasteiger partial charge in [-0.3, -0.25) is 0 Å². The zero-order chi connectivity index (χ0) is 14.7. The molecular formula is C13H18N2O4S. The van der Waals surface area contributed by atoms with Crippen LogP contribution >= 0.6 is 11.3 Å². The minimum atomic E-state index is -1.08. The number of carboxylic acid groups (broad SMARTS) is 1. The van der Waals surface area contributed by atoms with E-state index in [1.165, 1.54) is 4.90 Å². The van der Waals surface area contributed by atoms with E-state index in [1.807, 2.05) is 23.8 Å². The van der Waals surface area contributed by atoms with E-state index in [1.54, 1.807) is 11.3 Å². The number of carboxylic acids is 1. The number of hydrogen-bond acceptors (Lipinski definition) is 4. The van der Waals surface area contributed by atoms with Gasteiger partial charge in [-0.25, -0.2) is 9.59 Å². The van der Waals surface area contributed by atoms with Crippen LogP contribution in [0.1, 0.15) is 18.9 Å². The first-order valence-electron chi connectivity index (χ1n) is 6.46. The predicted octanol–water partition coefficient (Wildman–Crippen LogP) is 0.908. The van der Waals surface area contributed by atoms with Gasteiger partial charge in [0.1, 0.15) is 6.04 Å². The van der Waals surface area contributed by atoms with Crippen LogP contribution in [0.3, 0.4) is 0 Å². The molecule has 7 heteroatoms. The van der Waals surface area contributed by atoms with Gasteiger partial charge in [0.05, 0.1) is 6.10 Å². The standard InChI is InChI=1S/C13H18N2O4S/c1-8(4-9-2-3-20-7-9)14-13(19)15-6-10(16)5-11(15)12(17)18/h2-3,7-8,10-11,16H,4-6H2,1H3,(H,14,19)(H,17,18). The molecule has 110 valence electrons. The summed E-state index contributed by atoms with van der Waals surface area (Å²) in [6.45, 7) is 1.94. The second-order valence-electron chi connectivity index (χ2n) is 5.08. The molecule has 3 unspecified atom stereocenters. The first-order chi connectivity index (χ1) is 9.47. The SMILES string of the molecule is CC(Cc1ccsc1)NC(=O)N1CC(O)CC1C(=O)O. The Morgan fingerprint density at radius 3 is 2.95 bits per heavy atom. The molecule has 0 spiro atoms. The van der Waals surface area contributed by atoms with Crippen molar-refractivity contribution < 1.29 is 19.8 Å². The van der Waals surface area contributed by atoms with Crippen LogP contribution in [-0.4, -0.2) is 51.8 Å². The molecular weight excluding hydrogens is 280 g/mol. The number of thiophene rings is 1. The average Bonchev–Trinajstić information content (AvgIpc) is 2.97. The highest BCUT2D eigenvalue weighted by molar-refractivity contribution is 7.07. The number of β-amino-alcohol motifs (C(OH)–C–C–N with tert-alkyl or cyclic N) is 1. The van der Waals surface area contributed by atoms with Crippen LogP contribution in [0, 0.1) is 0 Å². The van der Waals surface area contributed by atoms with Crippen molar-refractivity contribution in [3.8, 4) is 0 Å². The van der Waals surface area contributed by atoms with Crippen LogP contribution in [0.25, 0.3) is 0 Å². The van der Waals surface area contributed by atoms with E-state index in [0.29, 0.717) is 6.42 Å². The van der Waals surface area contributed by atoms with Crippen molar-refractivity contribution in [2.75, 3.05) is 6.54 Å². The molecule has 1 aliphatic heterocycles. The van der Waals surface area contributed by atoms with Crippen LogP contribution in [-0.2, 0) is 11.2 Å². The third-order valence-corrected chi connectivity index (χ3v) is 4.05. The Kier molecular flexibility index (Phi) is 4.61. The second kappa shape index (κ2) is 6.23. The number of aliphatic hydroxyl groups is 1. The first-order valence-corrected chi connectivity index (χ1v) is 7.40. The van der Waals surface area contributed by atoms with Gasteiger partial charge >= 0.3 is 12.0 Å². The molecule has 2 heterocycles. The smallest absolute Gasteiger partial charge is 0.326 e. The minimum Gasteiger partial charge on any atom is -0.480 e. The van der Waals surface area contributed by atoms with Crippen LogP contribution in [0.15, 0.2) is 16.8 Å². The third-order valence-electron chi connectivity index (χ3n) is 3.32. The molecule has 0 aliphatic carbocycles. The molecule has 3 atom stereocenters. The van der Waals surface area contributed by atoms with E-state index >= 15 is 0 Å². The normalized spacial score (nSPS) is 23.6. The summed E-state index contributed by atoms with van der Waals surface area (Å²) >= 11 is 1.60. The predicted molar refractivity (Wildman–Crippen MR) is 74.8 cm³/mol. The molecule has 1 aromatic rings. The number of amides is 2. The Morgan fingerprint density at radius 2 is 2.35 bits per heavy atom. The number of likely N-dealkylation sites (tertiary alicyclic amines) is 1. The van der Waals surface area contributed by atoms with E-state index in [9.17, 15) is 14.7 Å². The molecule has 1 aliphatic rings. The van der Waals surface area contributed by atoms with Crippen molar-refractivity contribution in [3.05, 3.63) is 22.4 Å². The maximum absolute atomic E-state index is 12.1. The fourth-order valence-electron chi connectivity index (χ4n) is 2.38. The zero-order valence-electron chi connectivity index (χ0n) is 11.2. The summed E-state index contributed by atoms with van der Waals surface area (Å²) in [5.41, 5.74) is 1.14. The van der Waals surface area contributed by atoms with Crippen molar-refractivity contribution in [2.24, 2.45) is 0 Å². The summed E-state index contributed by atoms with van der Waals surface area (Å²) in [5.74, 6) is -1.08. The summed E-state index contributed by atoms with van der Waals surface area (Å²) in [6, 6.07) is 0.520. The number of carbonyl (C=O) groups is 2. The molecule has 6 nitrogen and oxygen atoms in total. The number of nitrogens with one attached hydrogen (secondary N) is 1. The van der Waals surface area contributed by atoms with Gasteiger partial charge in [-0.2, -0.15) is 11.3 Å². The molecule has 1 aromatic heterocycles. The van der Waals surface area contributed by atoms with Crippen LogP contribution < -0.4 is 5.32 Å². The molecule has 3 N–H and O–H groups in total. The summed E-state index contributed by atoms with van der Waals surface area (Å²) in [6.07, 6.45) is 0.0134. The van der Waals surface area contributed by atoms with E-state index in [4.69, 9.17) is 5.11 Å². The lowest BCUT2D eigenvalue weighted by Gasteiger charge is -2.24. The molecule has 0 saturated carbocycles. The fourth-order valence-corrected chi connectivity index (χ4v) is 3.06. The van der Waals surface area contributed by atoms with Crippen LogP contribution in [0.4, 0.5) is 4.79 Å². The molecule has 1 saturated heterocycles. The Morgan fingerprint density at radius 1 is 1.60 bits per heavy atom. The Hall–Kier alpha value is -1.60. The van der Waals surface area contributed by atoms with Crippen molar-refractivity contribution >= 4 is 23.3 Å². The Balaban J connectivity index is 1.92. The number of carbonyl (C=O) groups excluding carboxylic acids is 1. The van der Waals surface area contributed by atoms with Gasteiger partial charge in [0, 0.05) is 19.0 Å². The summed E-state index contributed by atoms with van der Waals surface area (Å²) in [5, 5.41) is 25.4. The monoisotopic (exact) mass is 298 g/mol. The lowest BCUT2D eigenvalue weighted by molar-refractivity contribution is -0.141. The number of hydrogen-bond donors (Lipinski definition) is 3. The molecule has 0 bridgehead atoms. The highest BCUT2D eigenvalue weighted by atomic mass is 32.1. The second-order valence-corrected chi connectivity index (χ2v) is 5.86. The highest BCUT2D eigenvalue weighted by Crippen LogP contribution is 2.18. The van der Waals surface area contributed by atoms with E-state index in [2.05, 4.69) is 5.32 Å². The Labute approximate surface area is 121 Å². The molecule has 0 aromatic carbocycles. The van der Waals surface area contributed by atoms with E-state index in [-0.39, 0.29) is 19.0 Å². The third kappa shape index (κ3) is 3.49. The largest absolute Gasteiger partial charge is 0.480 e. The average molecular weight is 298 g/mol. The van der Waals surface area contributed by atoms with Gasteiger partial charge in [0.15, 0.2) is 0 Å². The zero-order valence-corrected chi connectivity index (χ0v) is 12.0. The van der Waals surface area contributed by atoms with Gasteiger partial charge in [-0.05, 0) is 35.7 Å². The van der Waals surface area contributed by atoms with Crippen molar-refractivity contribution in [2.45, 2.75) is 38.0 Å². The van der Waals surface area contributed by atoms with Gasteiger partial charge in [0.25, 0.3) is 0 Å². The lowest BCUT2D eigenvalue weighted by atomic mass is 10.1. The van der Waals surface area contributed by atoms with Crippen LogP contribution in [0.2, 0.25) is 0 Å². The van der Waals surface area contributed by atoms with Crippen molar-refractivity contribution in [1.29, 1.82) is 0 Å². The number of urea groups is 1. The molecule has 2 rings (SSSR count). The van der Waals surface area contributed by atoms with Crippen molar-refractivity contribution in [3.63, 3.8) is 0 Å². The number of aliphatic hydroxyl groups excluding tert-OH is 1. The quantitative estimate of drug-likeness (QED) is 0.770. The minimum absolute atomic E-state index is 0.0635. The van der Waals surface area contributed by atoms with Crippen LogP contribution in [0.5, 0.6) is 0 Å². The highest BCUT2D eigenvalue weighted by Gasteiger charge is 2.39. The van der Waals surface area contributed by atoms with Gasteiger partial charge in [0.2, 0.25) is 0 Å². The number of nitrogens with zero attached hydrogens (tertiary/aromatic N) is 1. The Bertz CT molecular complexity index is 477. The summed E-state index contributed by atoms with van der Waals surface area (Å²) in [7, 11) is 0. The fraction of sp³-hybridized carbons (Fsp3) is 0.538. The number of aliphatic carboxylic acids is 1. The maximum Gasteiger partial charge on any atom is 0.326 e. The van der Waals surface area contributed by atoms with E-state index < -0.39 is 24.1 Å². The first kappa shape index (κ1) is 14.8. The van der Waals surface area contributed by atoms with Crippen molar-refractivity contribution in [1.82, 2.24) is 10.2 Å². The van der Waals surface area contributed by atoms with Gasteiger partial charge in [-0.15, -0.1) is 0 Å². The van der Waals surface area contributed by atoms with E-state index in [0.717, 1.165) is 5.56 Å². The van der Waals surface area contributed by atoms with Gasteiger partial charge in [-0.1, -0.05) is 0 Å². The molecule has 20 heavy (non-hydrogen) atoms. The lowest BCUT2D eigenvalue weighted by Crippen LogP contribution is -2.49.